The summed E-state index contributed by atoms with van der Waals surface area (Å²) in [6, 6.07) is 14.0. The van der Waals surface area contributed by atoms with Crippen LogP contribution in [0.1, 0.15) is 39.2 Å². The molecule has 9 heteroatoms. The van der Waals surface area contributed by atoms with E-state index >= 15 is 0 Å². The molecular formula is C27H31N5O3S. The van der Waals surface area contributed by atoms with Gasteiger partial charge in [-0.25, -0.2) is 9.78 Å². The summed E-state index contributed by atoms with van der Waals surface area (Å²) < 4.78 is 22.5. The summed E-state index contributed by atoms with van der Waals surface area (Å²) >= 11 is -1.14. The van der Waals surface area contributed by atoms with Crippen molar-refractivity contribution in [2.45, 2.75) is 56.7 Å². The van der Waals surface area contributed by atoms with Crippen molar-refractivity contribution < 1.29 is 14.1 Å². The Bertz CT molecular complexity index is 1340. The lowest BCUT2D eigenvalue weighted by atomic mass is 9.92. The summed E-state index contributed by atoms with van der Waals surface area (Å²) in [5.74, 6) is 0.516. The number of nitrogens with one attached hydrogen (secondary N) is 1. The number of ether oxygens (including phenoxy) is 1. The maximum atomic E-state index is 13.1. The molecule has 1 aliphatic carbocycles. The van der Waals surface area contributed by atoms with E-state index in [1.807, 2.05) is 67.1 Å². The molecule has 4 aromatic rings. The van der Waals surface area contributed by atoms with Gasteiger partial charge in [0.05, 0.1) is 35.9 Å². The van der Waals surface area contributed by atoms with E-state index in [2.05, 4.69) is 14.9 Å². The van der Waals surface area contributed by atoms with Crippen molar-refractivity contribution in [1.29, 1.82) is 0 Å². The first-order chi connectivity index (χ1) is 17.4. The predicted octanol–water partition coefficient (Wildman–Crippen LogP) is 5.58. The number of hydrogen-bond acceptors (Lipinski definition) is 5. The summed E-state index contributed by atoms with van der Waals surface area (Å²) in [4.78, 5) is 16.8. The van der Waals surface area contributed by atoms with Crippen LogP contribution in [-0.2, 0) is 22.5 Å². The Hall–Kier alpha value is -3.43. The molecule has 0 spiro atoms. The average molecular weight is 506 g/mol. The second-order valence-corrected chi connectivity index (χ2v) is 11.0. The molecule has 1 atom stereocenters. The van der Waals surface area contributed by atoms with Crippen molar-refractivity contribution in [2.75, 3.05) is 16.8 Å². The van der Waals surface area contributed by atoms with Gasteiger partial charge in [0.15, 0.2) is 4.90 Å². The Morgan fingerprint density at radius 3 is 2.67 bits per heavy atom. The Morgan fingerprint density at radius 2 is 2.03 bits per heavy atom. The van der Waals surface area contributed by atoms with Gasteiger partial charge >= 0.3 is 6.09 Å². The lowest BCUT2D eigenvalue weighted by Crippen LogP contribution is -2.18. The minimum atomic E-state index is -1.14. The fourth-order valence-electron chi connectivity index (χ4n) is 4.57. The van der Waals surface area contributed by atoms with Gasteiger partial charge < -0.3 is 24.2 Å². The van der Waals surface area contributed by atoms with Gasteiger partial charge in [0.1, 0.15) is 5.75 Å². The van der Waals surface area contributed by atoms with Crippen molar-refractivity contribution >= 4 is 39.5 Å². The summed E-state index contributed by atoms with van der Waals surface area (Å²) in [6.07, 6.45) is 8.04. The number of rotatable bonds is 8. The third-order valence-electron chi connectivity index (χ3n) is 6.56. The van der Waals surface area contributed by atoms with Crippen LogP contribution in [0.2, 0.25) is 0 Å². The normalized spacial score (nSPS) is 14.7. The van der Waals surface area contributed by atoms with Crippen LogP contribution < -0.4 is 11.1 Å². The quantitative estimate of drug-likeness (QED) is 0.304. The highest BCUT2D eigenvalue weighted by molar-refractivity contribution is 7.91. The van der Waals surface area contributed by atoms with Crippen LogP contribution in [0.5, 0.6) is 0 Å². The zero-order valence-electron chi connectivity index (χ0n) is 20.5. The average Bonchev–Trinajstić information content (AvgIpc) is 3.43. The van der Waals surface area contributed by atoms with E-state index in [1.165, 1.54) is 6.42 Å². The van der Waals surface area contributed by atoms with E-state index < -0.39 is 17.3 Å². The molecule has 0 saturated heterocycles. The van der Waals surface area contributed by atoms with Crippen molar-refractivity contribution in [1.82, 2.24) is 14.1 Å². The number of amides is 1. The molecule has 1 amide bonds. The van der Waals surface area contributed by atoms with Crippen LogP contribution in [0.3, 0.4) is 0 Å². The van der Waals surface area contributed by atoms with Crippen LogP contribution in [-0.4, -0.2) is 36.6 Å². The molecular weight excluding hydrogens is 474 g/mol. The second-order valence-electron chi connectivity index (χ2n) is 9.40. The number of nitrogen functional groups attached to an aromatic ring is 1. The van der Waals surface area contributed by atoms with Crippen LogP contribution in [0.4, 0.5) is 16.2 Å². The number of anilines is 2. The molecule has 1 fully saturated rings. The minimum absolute atomic E-state index is 0.188. The number of benzene rings is 2. The van der Waals surface area contributed by atoms with E-state index in [9.17, 15) is 9.35 Å². The number of hydrogen-bond donors (Lipinski definition) is 2. The summed E-state index contributed by atoms with van der Waals surface area (Å²) in [7, 11) is 0. The van der Waals surface area contributed by atoms with E-state index in [0.717, 1.165) is 39.9 Å². The molecule has 1 saturated carbocycles. The Morgan fingerprint density at radius 1 is 1.25 bits per heavy atom. The fourth-order valence-corrected chi connectivity index (χ4v) is 5.65. The number of imidazole rings is 1. The SMILES string of the molecule is CC(C)OC(=O)Nc1ccc(-c2c(N)c3ccc([S+]([O-])CCn4ccnc4)cc3n2C2CCC2)cc1. The van der Waals surface area contributed by atoms with E-state index in [-0.39, 0.29) is 6.10 Å². The molecule has 188 valence electrons. The molecule has 3 N–H and O–H groups in total. The first-order valence-electron chi connectivity index (χ1n) is 12.3. The van der Waals surface area contributed by atoms with Crippen LogP contribution in [0.15, 0.2) is 66.1 Å². The van der Waals surface area contributed by atoms with Crippen molar-refractivity contribution in [2.24, 2.45) is 0 Å². The first-order valence-corrected chi connectivity index (χ1v) is 13.6. The number of aryl methyl sites for hydroxylation is 1. The van der Waals surface area contributed by atoms with E-state index in [0.29, 0.717) is 29.7 Å². The minimum Gasteiger partial charge on any atom is -0.611 e. The van der Waals surface area contributed by atoms with Crippen molar-refractivity contribution in [3.05, 3.63) is 61.2 Å². The number of carbonyl (C=O) groups excluding carboxylic acids is 1. The molecule has 2 aromatic heterocycles. The van der Waals surface area contributed by atoms with Gasteiger partial charge in [-0.2, -0.15) is 0 Å². The molecule has 8 nitrogen and oxygen atoms in total. The molecule has 1 aliphatic rings. The van der Waals surface area contributed by atoms with Gasteiger partial charge in [0.25, 0.3) is 0 Å². The van der Waals surface area contributed by atoms with E-state index in [4.69, 9.17) is 10.5 Å². The Balaban J connectivity index is 1.46. The number of nitrogens with two attached hydrogens (primary N) is 1. The van der Waals surface area contributed by atoms with Gasteiger partial charge in [-0.3, -0.25) is 5.32 Å². The maximum absolute atomic E-state index is 13.1. The number of carbonyl (C=O) groups is 1. The first kappa shape index (κ1) is 24.3. The number of aromatic nitrogens is 3. The highest BCUT2D eigenvalue weighted by Crippen LogP contribution is 2.44. The summed E-state index contributed by atoms with van der Waals surface area (Å²) in [5, 5.41) is 3.72. The summed E-state index contributed by atoms with van der Waals surface area (Å²) in [6.45, 7) is 4.27. The highest BCUT2D eigenvalue weighted by atomic mass is 32.2. The molecule has 0 aliphatic heterocycles. The maximum Gasteiger partial charge on any atom is 0.411 e. The number of fused-ring (bicyclic) bond motifs is 1. The third kappa shape index (κ3) is 4.94. The monoisotopic (exact) mass is 505 g/mol. The fraction of sp³-hybridized carbons (Fsp3) is 0.333. The van der Waals surface area contributed by atoms with Crippen molar-refractivity contribution in [3.8, 4) is 11.3 Å². The summed E-state index contributed by atoms with van der Waals surface area (Å²) in [5.41, 5.74) is 11.0. The van der Waals surface area contributed by atoms with Crippen LogP contribution in [0.25, 0.3) is 22.2 Å². The van der Waals surface area contributed by atoms with Crippen LogP contribution >= 0.6 is 0 Å². The Labute approximate surface area is 213 Å². The number of nitrogens with zero attached hydrogens (tertiary/aromatic N) is 3. The van der Waals surface area contributed by atoms with Gasteiger partial charge in [0, 0.05) is 41.1 Å². The van der Waals surface area contributed by atoms with Gasteiger partial charge in [-0.15, -0.1) is 0 Å². The van der Waals surface area contributed by atoms with E-state index in [1.54, 1.807) is 12.5 Å². The smallest absolute Gasteiger partial charge is 0.411 e. The molecule has 36 heavy (non-hydrogen) atoms. The molecule has 1 unspecified atom stereocenters. The molecule has 0 radical (unpaired) electrons. The second kappa shape index (κ2) is 10.3. The molecule has 2 heterocycles. The molecule has 0 bridgehead atoms. The molecule has 5 rings (SSSR count). The molecule has 2 aromatic carbocycles. The standard InChI is InChI=1S/C27H31N5O3S/c1-18(2)35-27(33)30-20-8-6-19(7-9-20)26-25(28)23-11-10-22(16-24(23)32(26)21-4-3-5-21)36(34)15-14-31-13-12-29-17-31/h6-13,16-18,21H,3-5,14-15,28H2,1-2H3,(H,30,33). The van der Waals surface area contributed by atoms with Crippen LogP contribution in [0, 0.1) is 0 Å². The van der Waals surface area contributed by atoms with Crippen molar-refractivity contribution in [3.63, 3.8) is 0 Å². The van der Waals surface area contributed by atoms with Gasteiger partial charge in [0.2, 0.25) is 0 Å². The Kier molecular flexibility index (Phi) is 6.93. The third-order valence-corrected chi connectivity index (χ3v) is 7.89. The highest BCUT2D eigenvalue weighted by Gasteiger charge is 2.28. The van der Waals surface area contributed by atoms with Gasteiger partial charge in [-0.05, 0) is 68.6 Å². The zero-order valence-corrected chi connectivity index (χ0v) is 21.3. The lowest BCUT2D eigenvalue weighted by molar-refractivity contribution is 0.130. The predicted molar refractivity (Wildman–Crippen MR) is 143 cm³/mol. The lowest BCUT2D eigenvalue weighted by Gasteiger charge is -2.30. The largest absolute Gasteiger partial charge is 0.611 e. The zero-order chi connectivity index (χ0) is 25.2. The van der Waals surface area contributed by atoms with Gasteiger partial charge in [-0.1, -0.05) is 12.1 Å². The topological polar surface area (TPSA) is 110 Å².